The first-order valence-electron chi connectivity index (χ1n) is 9.25. The SMILES string of the molecule is O=C(CN(Cc1ccc(Cl)c(Cl)c1)S(=O)(=O)c1ccc(Br)cc1)NC1CCCC1. The Morgan fingerprint density at radius 2 is 1.72 bits per heavy atom. The van der Waals surface area contributed by atoms with E-state index in [4.69, 9.17) is 23.2 Å². The Morgan fingerprint density at radius 1 is 1.07 bits per heavy atom. The van der Waals surface area contributed by atoms with Gasteiger partial charge in [-0.05, 0) is 54.8 Å². The summed E-state index contributed by atoms with van der Waals surface area (Å²) in [5, 5.41) is 3.67. The summed E-state index contributed by atoms with van der Waals surface area (Å²) >= 11 is 15.4. The van der Waals surface area contributed by atoms with Crippen LogP contribution in [0.4, 0.5) is 0 Å². The van der Waals surface area contributed by atoms with Crippen LogP contribution in [0.3, 0.4) is 0 Å². The van der Waals surface area contributed by atoms with Crippen LogP contribution < -0.4 is 5.32 Å². The minimum absolute atomic E-state index is 0.00731. The van der Waals surface area contributed by atoms with Crippen molar-refractivity contribution in [2.24, 2.45) is 0 Å². The number of hydrogen-bond acceptors (Lipinski definition) is 3. The topological polar surface area (TPSA) is 66.5 Å². The lowest BCUT2D eigenvalue weighted by Crippen LogP contribution is -2.43. The molecule has 0 saturated heterocycles. The number of carbonyl (C=O) groups excluding carboxylic acids is 1. The Labute approximate surface area is 189 Å². The van der Waals surface area contributed by atoms with Crippen molar-refractivity contribution in [3.8, 4) is 0 Å². The van der Waals surface area contributed by atoms with E-state index < -0.39 is 10.0 Å². The molecule has 29 heavy (non-hydrogen) atoms. The first-order valence-corrected chi connectivity index (χ1v) is 12.2. The van der Waals surface area contributed by atoms with Crippen molar-refractivity contribution in [1.82, 2.24) is 9.62 Å². The molecule has 1 saturated carbocycles. The largest absolute Gasteiger partial charge is 0.352 e. The smallest absolute Gasteiger partial charge is 0.243 e. The van der Waals surface area contributed by atoms with E-state index in [1.54, 1.807) is 30.3 Å². The Morgan fingerprint density at radius 3 is 2.34 bits per heavy atom. The van der Waals surface area contributed by atoms with Crippen molar-refractivity contribution in [2.75, 3.05) is 6.54 Å². The van der Waals surface area contributed by atoms with Crippen LogP contribution in [-0.2, 0) is 21.4 Å². The molecule has 0 heterocycles. The average molecular weight is 520 g/mol. The maximum atomic E-state index is 13.2. The van der Waals surface area contributed by atoms with Crippen molar-refractivity contribution >= 4 is 55.1 Å². The Bertz CT molecular complexity index is 978. The van der Waals surface area contributed by atoms with E-state index in [2.05, 4.69) is 21.2 Å². The van der Waals surface area contributed by atoms with Crippen molar-refractivity contribution in [3.63, 3.8) is 0 Å². The van der Waals surface area contributed by atoms with E-state index >= 15 is 0 Å². The van der Waals surface area contributed by atoms with Gasteiger partial charge in [0.15, 0.2) is 0 Å². The van der Waals surface area contributed by atoms with Crippen molar-refractivity contribution in [3.05, 3.63) is 62.5 Å². The molecule has 0 bridgehead atoms. The monoisotopic (exact) mass is 518 g/mol. The quantitative estimate of drug-likeness (QED) is 0.559. The molecule has 2 aromatic carbocycles. The van der Waals surface area contributed by atoms with Crippen LogP contribution >= 0.6 is 39.1 Å². The molecular formula is C20H21BrCl2N2O3S. The molecule has 0 spiro atoms. The van der Waals surface area contributed by atoms with E-state index in [1.807, 2.05) is 0 Å². The summed E-state index contributed by atoms with van der Waals surface area (Å²) in [6, 6.07) is 11.4. The zero-order valence-corrected chi connectivity index (χ0v) is 19.5. The second-order valence-electron chi connectivity index (χ2n) is 7.02. The average Bonchev–Trinajstić information content (AvgIpc) is 3.17. The molecule has 9 heteroatoms. The van der Waals surface area contributed by atoms with Crippen LogP contribution in [0.1, 0.15) is 31.2 Å². The highest BCUT2D eigenvalue weighted by Gasteiger charge is 2.28. The van der Waals surface area contributed by atoms with E-state index in [0.717, 1.165) is 30.2 Å². The zero-order chi connectivity index (χ0) is 21.0. The number of carbonyl (C=O) groups is 1. The molecule has 1 fully saturated rings. The molecule has 0 radical (unpaired) electrons. The fourth-order valence-corrected chi connectivity index (χ4v) is 5.30. The predicted octanol–water partition coefficient (Wildman–Crippen LogP) is 5.01. The summed E-state index contributed by atoms with van der Waals surface area (Å²) in [4.78, 5) is 12.7. The van der Waals surface area contributed by atoms with E-state index in [1.165, 1.54) is 16.4 Å². The Balaban J connectivity index is 1.85. The summed E-state index contributed by atoms with van der Waals surface area (Å²) in [7, 11) is -3.89. The van der Waals surface area contributed by atoms with Crippen LogP contribution in [-0.4, -0.2) is 31.2 Å². The summed E-state index contributed by atoms with van der Waals surface area (Å²) < 4.78 is 28.4. The lowest BCUT2D eigenvalue weighted by atomic mass is 10.2. The second-order valence-corrected chi connectivity index (χ2v) is 10.7. The van der Waals surface area contributed by atoms with Crippen molar-refractivity contribution in [2.45, 2.75) is 43.2 Å². The third-order valence-electron chi connectivity index (χ3n) is 4.83. The Hall–Kier alpha value is -1.12. The second kappa shape index (κ2) is 9.79. The van der Waals surface area contributed by atoms with Crippen LogP contribution in [0.15, 0.2) is 51.8 Å². The molecule has 156 valence electrons. The number of hydrogen-bond donors (Lipinski definition) is 1. The highest BCUT2D eigenvalue weighted by molar-refractivity contribution is 9.10. The fourth-order valence-electron chi connectivity index (χ4n) is 3.33. The molecule has 5 nitrogen and oxygen atoms in total. The number of halogens is 3. The number of rotatable bonds is 7. The number of nitrogens with one attached hydrogen (secondary N) is 1. The Kier molecular flexibility index (Phi) is 7.62. The maximum Gasteiger partial charge on any atom is 0.243 e. The van der Waals surface area contributed by atoms with Gasteiger partial charge >= 0.3 is 0 Å². The van der Waals surface area contributed by atoms with Crippen LogP contribution in [0.2, 0.25) is 10.0 Å². The minimum atomic E-state index is -3.89. The molecule has 1 aliphatic rings. The lowest BCUT2D eigenvalue weighted by molar-refractivity contribution is -0.122. The summed E-state index contributed by atoms with van der Waals surface area (Å²) in [6.07, 6.45) is 4.01. The first kappa shape index (κ1) is 22.6. The maximum absolute atomic E-state index is 13.2. The van der Waals surface area contributed by atoms with E-state index in [9.17, 15) is 13.2 Å². The van der Waals surface area contributed by atoms with Crippen LogP contribution in [0.25, 0.3) is 0 Å². The highest BCUT2D eigenvalue weighted by Crippen LogP contribution is 2.26. The molecule has 0 unspecified atom stereocenters. The molecule has 0 atom stereocenters. The molecular weight excluding hydrogens is 499 g/mol. The standard InChI is InChI=1S/C20H21BrCl2N2O3S/c21-15-6-8-17(9-7-15)29(27,28)25(12-14-5-10-18(22)19(23)11-14)13-20(26)24-16-3-1-2-4-16/h5-11,16H,1-4,12-13H2,(H,24,26). The van der Waals surface area contributed by atoms with Gasteiger partial charge in [0, 0.05) is 17.1 Å². The molecule has 1 N–H and O–H groups in total. The lowest BCUT2D eigenvalue weighted by Gasteiger charge is -2.23. The fraction of sp³-hybridized carbons (Fsp3) is 0.350. The zero-order valence-electron chi connectivity index (χ0n) is 15.6. The van der Waals surface area contributed by atoms with Gasteiger partial charge in [-0.15, -0.1) is 0 Å². The highest BCUT2D eigenvalue weighted by atomic mass is 79.9. The summed E-state index contributed by atoms with van der Waals surface area (Å²) in [5.74, 6) is -0.308. The van der Waals surface area contributed by atoms with E-state index in [0.29, 0.717) is 15.6 Å². The number of sulfonamides is 1. The van der Waals surface area contributed by atoms with Gasteiger partial charge in [0.25, 0.3) is 0 Å². The van der Waals surface area contributed by atoms with Gasteiger partial charge in [-0.2, -0.15) is 4.31 Å². The van der Waals surface area contributed by atoms with Crippen LogP contribution in [0.5, 0.6) is 0 Å². The van der Waals surface area contributed by atoms with Crippen molar-refractivity contribution < 1.29 is 13.2 Å². The first-order chi connectivity index (χ1) is 13.8. The molecule has 3 rings (SSSR count). The molecule has 2 aromatic rings. The third-order valence-corrected chi connectivity index (χ3v) is 7.91. The summed E-state index contributed by atoms with van der Waals surface area (Å²) in [5.41, 5.74) is 0.647. The normalized spacial score (nSPS) is 15.0. The molecule has 0 aliphatic heterocycles. The van der Waals surface area contributed by atoms with Gasteiger partial charge in [0.2, 0.25) is 15.9 Å². The van der Waals surface area contributed by atoms with Gasteiger partial charge in [-0.25, -0.2) is 8.42 Å². The molecule has 1 aliphatic carbocycles. The third kappa shape index (κ3) is 5.95. The van der Waals surface area contributed by atoms with Gasteiger partial charge < -0.3 is 5.32 Å². The molecule has 1 amide bonds. The van der Waals surface area contributed by atoms with Gasteiger partial charge in [-0.1, -0.05) is 58.0 Å². The van der Waals surface area contributed by atoms with Crippen molar-refractivity contribution in [1.29, 1.82) is 0 Å². The number of nitrogens with zero attached hydrogens (tertiary/aromatic N) is 1. The van der Waals surface area contributed by atoms with Crippen LogP contribution in [0, 0.1) is 0 Å². The summed E-state index contributed by atoms with van der Waals surface area (Å²) in [6.45, 7) is -0.261. The number of benzene rings is 2. The molecule has 0 aromatic heterocycles. The van der Waals surface area contributed by atoms with Gasteiger partial charge in [-0.3, -0.25) is 4.79 Å². The minimum Gasteiger partial charge on any atom is -0.352 e. The van der Waals surface area contributed by atoms with E-state index in [-0.39, 0.29) is 29.9 Å². The predicted molar refractivity (Wildman–Crippen MR) is 119 cm³/mol. The van der Waals surface area contributed by atoms with Gasteiger partial charge in [0.1, 0.15) is 0 Å². The number of amides is 1. The van der Waals surface area contributed by atoms with Gasteiger partial charge in [0.05, 0.1) is 21.5 Å².